The maximum atomic E-state index is 11.4. The Morgan fingerprint density at radius 1 is 1.28 bits per heavy atom. The molecule has 1 amide bonds. The van der Waals surface area contributed by atoms with Crippen molar-refractivity contribution in [1.29, 1.82) is 0 Å². The minimum absolute atomic E-state index is 0. The molecule has 0 atom stereocenters. The Morgan fingerprint density at radius 3 is 2.36 bits per heavy atom. The molecule has 142 valence electrons. The molecule has 6 nitrogen and oxygen atoms in total. The smallest absolute Gasteiger partial charge is 0.224 e. The molecule has 0 bridgehead atoms. The van der Waals surface area contributed by atoms with Crippen LogP contribution in [0.25, 0.3) is 0 Å². The monoisotopic (exact) mass is 462 g/mol. The van der Waals surface area contributed by atoms with Gasteiger partial charge in [0, 0.05) is 20.1 Å². The number of aliphatic imine (C=N–C) groups is 1. The Hall–Kier alpha value is -1.51. The normalized spacial score (nSPS) is 11.5. The van der Waals surface area contributed by atoms with Crippen LogP contribution in [-0.2, 0) is 11.3 Å². The van der Waals surface area contributed by atoms with E-state index in [0.29, 0.717) is 19.7 Å². The Morgan fingerprint density at radius 2 is 1.88 bits per heavy atom. The zero-order valence-electron chi connectivity index (χ0n) is 15.8. The van der Waals surface area contributed by atoms with Crippen LogP contribution in [0.4, 0.5) is 0 Å². The van der Waals surface area contributed by atoms with E-state index in [4.69, 9.17) is 10.5 Å². The van der Waals surface area contributed by atoms with E-state index in [1.807, 2.05) is 50.1 Å². The van der Waals surface area contributed by atoms with Gasteiger partial charge in [-0.1, -0.05) is 12.1 Å². The van der Waals surface area contributed by atoms with Crippen LogP contribution in [0.3, 0.4) is 0 Å². The maximum Gasteiger partial charge on any atom is 0.224 e. The fourth-order valence-electron chi connectivity index (χ4n) is 2.03. The summed E-state index contributed by atoms with van der Waals surface area (Å²) in [6, 6.07) is 8.01. The lowest BCUT2D eigenvalue weighted by molar-refractivity contribution is -0.125. The fraction of sp³-hybridized carbons (Fsp3) is 0.556. The summed E-state index contributed by atoms with van der Waals surface area (Å²) in [5.74, 6) is 1.27. The number of carbonyl (C=O) groups excluding carboxylic acids is 1. The summed E-state index contributed by atoms with van der Waals surface area (Å²) >= 11 is 0. The zero-order valence-corrected chi connectivity index (χ0v) is 18.2. The van der Waals surface area contributed by atoms with Gasteiger partial charge in [0.15, 0.2) is 5.96 Å². The molecule has 0 aliphatic heterocycles. The summed E-state index contributed by atoms with van der Waals surface area (Å²) < 4.78 is 5.46. The topological polar surface area (TPSA) is 79.9 Å². The number of nitrogens with zero attached hydrogens (tertiary/aromatic N) is 2. The van der Waals surface area contributed by atoms with Crippen LogP contribution in [0.2, 0.25) is 0 Å². The third-order valence-electron chi connectivity index (χ3n) is 3.64. The van der Waals surface area contributed by atoms with Gasteiger partial charge in [-0.15, -0.1) is 24.0 Å². The zero-order chi connectivity index (χ0) is 18.2. The molecule has 1 rings (SSSR count). The Bertz CT molecular complexity index is 559. The molecule has 0 heterocycles. The van der Waals surface area contributed by atoms with Gasteiger partial charge in [-0.2, -0.15) is 0 Å². The molecular formula is C18H31IN4O2. The van der Waals surface area contributed by atoms with E-state index in [1.54, 1.807) is 13.8 Å². The lowest BCUT2D eigenvalue weighted by Crippen LogP contribution is -2.40. The molecule has 0 saturated carbocycles. The third kappa shape index (κ3) is 7.94. The molecule has 0 radical (unpaired) electrons. The molecule has 1 aromatic rings. The molecule has 1 aromatic carbocycles. The highest BCUT2D eigenvalue weighted by Crippen LogP contribution is 2.15. The van der Waals surface area contributed by atoms with E-state index in [1.165, 1.54) is 0 Å². The van der Waals surface area contributed by atoms with Crippen molar-refractivity contribution in [2.75, 3.05) is 26.7 Å². The minimum Gasteiger partial charge on any atom is -0.494 e. The Kier molecular flexibility index (Phi) is 10.5. The number of hydrogen-bond acceptors (Lipinski definition) is 3. The summed E-state index contributed by atoms with van der Waals surface area (Å²) in [5, 5.41) is 3.24. The number of halogens is 1. The standard InChI is InChI=1S/C18H30N4O2.HI/c1-6-20-17(21-13-18(3,4)16(19)23)22(5)12-14-8-10-15(11-9-14)24-7-2;/h8-11H,6-7,12-13H2,1-5H3,(H2,19,23)(H,20,21);1H. The number of rotatable bonds is 8. The van der Waals surface area contributed by atoms with Crippen molar-refractivity contribution in [3.05, 3.63) is 29.8 Å². The number of amides is 1. The quantitative estimate of drug-likeness (QED) is 0.354. The van der Waals surface area contributed by atoms with Crippen molar-refractivity contribution < 1.29 is 9.53 Å². The van der Waals surface area contributed by atoms with E-state index >= 15 is 0 Å². The lowest BCUT2D eigenvalue weighted by Gasteiger charge is -2.24. The molecule has 3 N–H and O–H groups in total. The van der Waals surface area contributed by atoms with E-state index in [0.717, 1.165) is 23.8 Å². The maximum absolute atomic E-state index is 11.4. The molecule has 7 heteroatoms. The van der Waals surface area contributed by atoms with E-state index < -0.39 is 5.41 Å². The van der Waals surface area contributed by atoms with Crippen molar-refractivity contribution in [2.24, 2.45) is 16.1 Å². The first-order valence-electron chi connectivity index (χ1n) is 8.31. The summed E-state index contributed by atoms with van der Waals surface area (Å²) in [6.07, 6.45) is 0. The van der Waals surface area contributed by atoms with Crippen molar-refractivity contribution in [3.63, 3.8) is 0 Å². The predicted molar refractivity (Wildman–Crippen MR) is 113 cm³/mol. The first-order chi connectivity index (χ1) is 11.3. The second kappa shape index (κ2) is 11.2. The molecule has 0 fully saturated rings. The van der Waals surface area contributed by atoms with Crippen molar-refractivity contribution in [3.8, 4) is 5.75 Å². The van der Waals surface area contributed by atoms with Gasteiger partial charge in [-0.3, -0.25) is 9.79 Å². The number of carbonyl (C=O) groups is 1. The van der Waals surface area contributed by atoms with Gasteiger partial charge in [0.25, 0.3) is 0 Å². The summed E-state index contributed by atoms with van der Waals surface area (Å²) in [6.45, 7) is 10.0. The third-order valence-corrected chi connectivity index (χ3v) is 3.64. The van der Waals surface area contributed by atoms with Gasteiger partial charge in [0.1, 0.15) is 5.75 Å². The number of hydrogen-bond donors (Lipinski definition) is 2. The van der Waals surface area contributed by atoms with Crippen LogP contribution < -0.4 is 15.8 Å². The van der Waals surface area contributed by atoms with Crippen LogP contribution in [0.15, 0.2) is 29.3 Å². The lowest BCUT2D eigenvalue weighted by atomic mass is 9.93. The number of ether oxygens (including phenoxy) is 1. The van der Waals surface area contributed by atoms with Gasteiger partial charge >= 0.3 is 0 Å². The number of nitrogens with two attached hydrogens (primary N) is 1. The van der Waals surface area contributed by atoms with Crippen LogP contribution in [0.5, 0.6) is 5.75 Å². The number of primary amides is 1. The number of benzene rings is 1. The van der Waals surface area contributed by atoms with Gasteiger partial charge in [0.05, 0.1) is 18.6 Å². The SMILES string of the molecule is CCNC(=NCC(C)(C)C(N)=O)N(C)Cc1ccc(OCC)cc1.I. The van der Waals surface area contributed by atoms with Crippen LogP contribution >= 0.6 is 24.0 Å². The Labute approximate surface area is 168 Å². The minimum atomic E-state index is -0.666. The first-order valence-corrected chi connectivity index (χ1v) is 8.31. The average Bonchev–Trinajstić information content (AvgIpc) is 2.53. The highest BCUT2D eigenvalue weighted by Gasteiger charge is 2.24. The molecule has 0 spiro atoms. The molecular weight excluding hydrogens is 431 g/mol. The van der Waals surface area contributed by atoms with Crippen LogP contribution in [0.1, 0.15) is 33.3 Å². The Balaban J connectivity index is 0.00000576. The summed E-state index contributed by atoms with van der Waals surface area (Å²) in [5.41, 5.74) is 5.90. The molecule has 0 aromatic heterocycles. The number of guanidine groups is 1. The van der Waals surface area contributed by atoms with Crippen LogP contribution in [-0.4, -0.2) is 43.5 Å². The van der Waals surface area contributed by atoms with Crippen molar-refractivity contribution in [1.82, 2.24) is 10.2 Å². The summed E-state index contributed by atoms with van der Waals surface area (Å²) in [4.78, 5) is 18.0. The van der Waals surface area contributed by atoms with Crippen molar-refractivity contribution in [2.45, 2.75) is 34.2 Å². The van der Waals surface area contributed by atoms with E-state index in [2.05, 4.69) is 10.3 Å². The molecule has 0 saturated heterocycles. The average molecular weight is 462 g/mol. The largest absolute Gasteiger partial charge is 0.494 e. The highest BCUT2D eigenvalue weighted by atomic mass is 127. The van der Waals surface area contributed by atoms with Gasteiger partial charge in [0.2, 0.25) is 5.91 Å². The molecule has 25 heavy (non-hydrogen) atoms. The number of nitrogens with one attached hydrogen (secondary N) is 1. The summed E-state index contributed by atoms with van der Waals surface area (Å²) in [7, 11) is 1.97. The predicted octanol–water partition coefficient (Wildman–Crippen LogP) is 2.61. The first kappa shape index (κ1) is 23.5. The second-order valence-corrected chi connectivity index (χ2v) is 6.35. The van der Waals surface area contributed by atoms with E-state index in [9.17, 15) is 4.79 Å². The van der Waals surface area contributed by atoms with Crippen molar-refractivity contribution >= 4 is 35.8 Å². The highest BCUT2D eigenvalue weighted by molar-refractivity contribution is 14.0. The molecule has 0 aliphatic carbocycles. The van der Waals surface area contributed by atoms with Gasteiger partial charge in [-0.25, -0.2) is 0 Å². The van der Waals surface area contributed by atoms with E-state index in [-0.39, 0.29) is 29.9 Å². The van der Waals surface area contributed by atoms with Gasteiger partial charge < -0.3 is 20.7 Å². The fourth-order valence-corrected chi connectivity index (χ4v) is 2.03. The molecule has 0 unspecified atom stereocenters. The second-order valence-electron chi connectivity index (χ2n) is 6.35. The van der Waals surface area contributed by atoms with Gasteiger partial charge in [-0.05, 0) is 45.4 Å². The molecule has 0 aliphatic rings. The van der Waals surface area contributed by atoms with Crippen LogP contribution in [0, 0.1) is 5.41 Å².